The highest BCUT2D eigenvalue weighted by Crippen LogP contribution is 2.21. The molecule has 2 aliphatic rings. The smallest absolute Gasteiger partial charge is 0.151 e. The lowest BCUT2D eigenvalue weighted by atomic mass is 10.1. The summed E-state index contributed by atoms with van der Waals surface area (Å²) in [7, 11) is -2.83. The summed E-state index contributed by atoms with van der Waals surface area (Å²) >= 11 is 0. The Balaban J connectivity index is 1.94. The fourth-order valence-electron chi connectivity index (χ4n) is 2.74. The number of ether oxygens (including phenoxy) is 1. The van der Waals surface area contributed by atoms with E-state index in [1.54, 1.807) is 0 Å². The molecular weight excluding hydrogens is 250 g/mol. The van der Waals surface area contributed by atoms with E-state index >= 15 is 0 Å². The SMILES string of the molecule is C#CCCN(C[C@@H]1CCCO1)[C@@H]1CCS(=O)(=O)C1. The summed E-state index contributed by atoms with van der Waals surface area (Å²) in [4.78, 5) is 2.22. The topological polar surface area (TPSA) is 46.6 Å². The first-order valence-corrected chi connectivity index (χ1v) is 8.42. The second kappa shape index (κ2) is 6.05. The largest absolute Gasteiger partial charge is 0.377 e. The minimum atomic E-state index is -2.83. The summed E-state index contributed by atoms with van der Waals surface area (Å²) in [6.07, 6.45) is 9.16. The molecule has 2 fully saturated rings. The van der Waals surface area contributed by atoms with Crippen molar-refractivity contribution in [3.8, 4) is 12.3 Å². The summed E-state index contributed by atoms with van der Waals surface area (Å²) in [5.41, 5.74) is 0. The first kappa shape index (κ1) is 13.9. The van der Waals surface area contributed by atoms with Gasteiger partial charge in [0.2, 0.25) is 0 Å². The normalized spacial score (nSPS) is 30.7. The molecule has 2 rings (SSSR count). The Morgan fingerprint density at radius 1 is 1.39 bits per heavy atom. The molecule has 0 aliphatic carbocycles. The van der Waals surface area contributed by atoms with Crippen LogP contribution in [0.25, 0.3) is 0 Å². The van der Waals surface area contributed by atoms with Crippen LogP contribution in [0.5, 0.6) is 0 Å². The van der Waals surface area contributed by atoms with E-state index in [4.69, 9.17) is 11.2 Å². The zero-order chi connectivity index (χ0) is 13.0. The maximum Gasteiger partial charge on any atom is 0.151 e. The predicted molar refractivity (Wildman–Crippen MR) is 71.1 cm³/mol. The number of terminal acetylenes is 1. The van der Waals surface area contributed by atoms with Crippen LogP contribution in [0.4, 0.5) is 0 Å². The molecule has 0 aromatic carbocycles. The number of hydrogen-bond donors (Lipinski definition) is 0. The number of sulfone groups is 1. The summed E-state index contributed by atoms with van der Waals surface area (Å²) in [5.74, 6) is 3.23. The van der Waals surface area contributed by atoms with Gasteiger partial charge in [0, 0.05) is 32.2 Å². The molecule has 102 valence electrons. The molecule has 2 atom stereocenters. The molecule has 2 aliphatic heterocycles. The lowest BCUT2D eigenvalue weighted by Gasteiger charge is -2.29. The fraction of sp³-hybridized carbons (Fsp3) is 0.846. The van der Waals surface area contributed by atoms with Crippen LogP contribution in [0, 0.1) is 12.3 Å². The molecule has 0 N–H and O–H groups in total. The first-order chi connectivity index (χ1) is 8.61. The van der Waals surface area contributed by atoms with Gasteiger partial charge in [0.15, 0.2) is 9.84 Å². The molecule has 2 heterocycles. The summed E-state index contributed by atoms with van der Waals surface area (Å²) < 4.78 is 28.7. The Morgan fingerprint density at radius 2 is 2.22 bits per heavy atom. The maximum absolute atomic E-state index is 11.6. The highest BCUT2D eigenvalue weighted by molar-refractivity contribution is 7.91. The minimum absolute atomic E-state index is 0.132. The number of hydrogen-bond acceptors (Lipinski definition) is 4. The van der Waals surface area contributed by atoms with Crippen molar-refractivity contribution >= 4 is 9.84 Å². The van der Waals surface area contributed by atoms with Gasteiger partial charge >= 0.3 is 0 Å². The standard InChI is InChI=1S/C13H21NO3S/c1-2-3-7-14(10-13-5-4-8-17-13)12-6-9-18(15,16)11-12/h1,12-13H,3-11H2/t12-,13+/m1/s1. The Kier molecular flexibility index (Phi) is 4.66. The van der Waals surface area contributed by atoms with E-state index in [1.807, 2.05) is 0 Å². The molecule has 0 radical (unpaired) electrons. The fourth-order valence-corrected chi connectivity index (χ4v) is 4.51. The van der Waals surface area contributed by atoms with E-state index in [9.17, 15) is 8.42 Å². The average molecular weight is 271 g/mol. The first-order valence-electron chi connectivity index (χ1n) is 6.60. The Labute approximate surface area is 110 Å². The van der Waals surface area contributed by atoms with Gasteiger partial charge in [-0.25, -0.2) is 8.42 Å². The molecule has 0 amide bonds. The van der Waals surface area contributed by atoms with Crippen LogP contribution in [0.3, 0.4) is 0 Å². The lowest BCUT2D eigenvalue weighted by molar-refractivity contribution is 0.0617. The highest BCUT2D eigenvalue weighted by atomic mass is 32.2. The van der Waals surface area contributed by atoms with Crippen molar-refractivity contribution in [1.29, 1.82) is 0 Å². The zero-order valence-corrected chi connectivity index (χ0v) is 11.5. The third-order valence-electron chi connectivity index (χ3n) is 3.73. The van der Waals surface area contributed by atoms with Gasteiger partial charge in [0.05, 0.1) is 17.6 Å². The zero-order valence-electron chi connectivity index (χ0n) is 10.7. The molecule has 5 heteroatoms. The molecule has 0 aromatic heterocycles. The van der Waals surface area contributed by atoms with Crippen LogP contribution in [-0.4, -0.2) is 56.7 Å². The summed E-state index contributed by atoms with van der Waals surface area (Å²) in [6, 6.07) is 0.132. The van der Waals surface area contributed by atoms with Gasteiger partial charge < -0.3 is 4.74 Å². The molecule has 0 saturated carbocycles. The molecule has 18 heavy (non-hydrogen) atoms. The van der Waals surface area contributed by atoms with E-state index < -0.39 is 9.84 Å². The maximum atomic E-state index is 11.6. The molecule has 0 aromatic rings. The van der Waals surface area contributed by atoms with Gasteiger partial charge in [0.1, 0.15) is 0 Å². The van der Waals surface area contributed by atoms with Gasteiger partial charge in [-0.3, -0.25) is 4.90 Å². The van der Waals surface area contributed by atoms with Crippen LogP contribution >= 0.6 is 0 Å². The van der Waals surface area contributed by atoms with Gasteiger partial charge in [0.25, 0.3) is 0 Å². The third kappa shape index (κ3) is 3.71. The molecule has 2 saturated heterocycles. The van der Waals surface area contributed by atoms with Gasteiger partial charge in [-0.05, 0) is 19.3 Å². The van der Waals surface area contributed by atoms with Crippen molar-refractivity contribution in [1.82, 2.24) is 4.90 Å². The van der Waals surface area contributed by atoms with Crippen LogP contribution in [0.2, 0.25) is 0 Å². The van der Waals surface area contributed by atoms with E-state index in [1.165, 1.54) is 0 Å². The van der Waals surface area contributed by atoms with E-state index in [0.717, 1.165) is 39.0 Å². The van der Waals surface area contributed by atoms with Crippen LogP contribution < -0.4 is 0 Å². The van der Waals surface area contributed by atoms with E-state index in [-0.39, 0.29) is 17.9 Å². The molecule has 4 nitrogen and oxygen atoms in total. The van der Waals surface area contributed by atoms with Crippen LogP contribution in [-0.2, 0) is 14.6 Å². The number of nitrogens with zero attached hydrogens (tertiary/aromatic N) is 1. The molecule has 0 spiro atoms. The molecular formula is C13H21NO3S. The van der Waals surface area contributed by atoms with Crippen molar-refractivity contribution in [2.45, 2.75) is 37.8 Å². The quantitative estimate of drug-likeness (QED) is 0.690. The van der Waals surface area contributed by atoms with Crippen molar-refractivity contribution < 1.29 is 13.2 Å². The predicted octanol–water partition coefficient (Wildman–Crippen LogP) is 0.678. The second-order valence-electron chi connectivity index (χ2n) is 5.14. The number of rotatable bonds is 5. The monoisotopic (exact) mass is 271 g/mol. The Bertz CT molecular complexity index is 406. The lowest BCUT2D eigenvalue weighted by Crippen LogP contribution is -2.41. The van der Waals surface area contributed by atoms with Gasteiger partial charge in [-0.1, -0.05) is 0 Å². The Hall–Kier alpha value is -0.570. The van der Waals surface area contributed by atoms with Crippen molar-refractivity contribution in [2.24, 2.45) is 0 Å². The highest BCUT2D eigenvalue weighted by Gasteiger charge is 2.33. The summed E-state index contributed by atoms with van der Waals surface area (Å²) in [6.45, 7) is 2.43. The third-order valence-corrected chi connectivity index (χ3v) is 5.48. The average Bonchev–Trinajstić information content (AvgIpc) is 2.93. The summed E-state index contributed by atoms with van der Waals surface area (Å²) in [5, 5.41) is 0. The second-order valence-corrected chi connectivity index (χ2v) is 7.37. The van der Waals surface area contributed by atoms with Crippen molar-refractivity contribution in [3.63, 3.8) is 0 Å². The Morgan fingerprint density at radius 3 is 2.78 bits per heavy atom. The van der Waals surface area contributed by atoms with Crippen LogP contribution in [0.15, 0.2) is 0 Å². The van der Waals surface area contributed by atoms with Gasteiger partial charge in [-0.15, -0.1) is 12.3 Å². The van der Waals surface area contributed by atoms with Crippen molar-refractivity contribution in [2.75, 3.05) is 31.2 Å². The van der Waals surface area contributed by atoms with E-state index in [2.05, 4.69) is 10.8 Å². The van der Waals surface area contributed by atoms with Crippen molar-refractivity contribution in [3.05, 3.63) is 0 Å². The minimum Gasteiger partial charge on any atom is -0.377 e. The van der Waals surface area contributed by atoms with E-state index in [0.29, 0.717) is 12.2 Å². The molecule has 0 unspecified atom stereocenters. The molecule has 0 bridgehead atoms. The van der Waals surface area contributed by atoms with Crippen LogP contribution in [0.1, 0.15) is 25.7 Å². The van der Waals surface area contributed by atoms with Gasteiger partial charge in [-0.2, -0.15) is 0 Å².